The van der Waals surface area contributed by atoms with Gasteiger partial charge in [0.15, 0.2) is 11.5 Å². The van der Waals surface area contributed by atoms with Crippen molar-refractivity contribution < 1.29 is 9.47 Å². The molecule has 4 nitrogen and oxygen atoms in total. The molecule has 0 atom stereocenters. The quantitative estimate of drug-likeness (QED) is 0.626. The highest BCUT2D eigenvalue weighted by atomic mass is 16.5. The van der Waals surface area contributed by atoms with Crippen LogP contribution in [0.3, 0.4) is 0 Å². The van der Waals surface area contributed by atoms with Gasteiger partial charge in [-0.05, 0) is 17.2 Å². The molecule has 1 heterocycles. The molecule has 1 aliphatic rings. The molecular formula is C25H28N2O2. The summed E-state index contributed by atoms with van der Waals surface area (Å²) < 4.78 is 12.5. The van der Waals surface area contributed by atoms with Gasteiger partial charge >= 0.3 is 0 Å². The number of nitrogens with zero attached hydrogens (tertiary/aromatic N) is 1. The van der Waals surface area contributed by atoms with Crippen LogP contribution in [0.4, 0.5) is 0 Å². The summed E-state index contributed by atoms with van der Waals surface area (Å²) in [6, 6.07) is 26.7. The average Bonchev–Trinajstić information content (AvgIpc) is 2.79. The summed E-state index contributed by atoms with van der Waals surface area (Å²) in [5, 5.41) is 3.41. The predicted octanol–water partition coefficient (Wildman–Crippen LogP) is 4.25. The third kappa shape index (κ3) is 5.59. The van der Waals surface area contributed by atoms with E-state index in [-0.39, 0.29) is 0 Å². The summed E-state index contributed by atoms with van der Waals surface area (Å²) in [6.45, 7) is 6.09. The largest absolute Gasteiger partial charge is 0.485 e. The Labute approximate surface area is 173 Å². The lowest BCUT2D eigenvalue weighted by Crippen LogP contribution is -2.42. The maximum atomic E-state index is 6.32. The highest BCUT2D eigenvalue weighted by Gasteiger charge is 2.16. The van der Waals surface area contributed by atoms with Crippen LogP contribution in [0, 0.1) is 0 Å². The van der Waals surface area contributed by atoms with Crippen molar-refractivity contribution >= 4 is 0 Å². The van der Waals surface area contributed by atoms with Crippen molar-refractivity contribution in [3.63, 3.8) is 0 Å². The summed E-state index contributed by atoms with van der Waals surface area (Å²) in [5.41, 5.74) is 3.47. The van der Waals surface area contributed by atoms with Crippen LogP contribution in [0.25, 0.3) is 0 Å². The number of benzene rings is 3. The molecule has 4 heteroatoms. The Balaban J connectivity index is 1.53. The number of nitrogens with one attached hydrogen (secondary N) is 1. The average molecular weight is 389 g/mol. The van der Waals surface area contributed by atoms with E-state index in [1.165, 1.54) is 5.56 Å². The highest BCUT2D eigenvalue weighted by molar-refractivity contribution is 5.47. The Morgan fingerprint density at radius 2 is 1.31 bits per heavy atom. The SMILES string of the molecule is c1ccc(COc2cccc(CN3CCNCC3)c2OCc2ccccc2)cc1. The van der Waals surface area contributed by atoms with Gasteiger partial charge in [0.25, 0.3) is 0 Å². The van der Waals surface area contributed by atoms with Crippen LogP contribution in [-0.4, -0.2) is 31.1 Å². The fourth-order valence-corrected chi connectivity index (χ4v) is 3.54. The summed E-state index contributed by atoms with van der Waals surface area (Å²) in [4.78, 5) is 2.46. The van der Waals surface area contributed by atoms with Crippen molar-refractivity contribution in [2.24, 2.45) is 0 Å². The lowest BCUT2D eigenvalue weighted by molar-refractivity contribution is 0.220. The normalized spacial score (nSPS) is 14.5. The Hall–Kier alpha value is -2.82. The molecule has 0 radical (unpaired) electrons. The van der Waals surface area contributed by atoms with Crippen molar-refractivity contribution in [2.45, 2.75) is 19.8 Å². The maximum Gasteiger partial charge on any atom is 0.166 e. The molecule has 0 saturated carbocycles. The molecule has 1 fully saturated rings. The fourth-order valence-electron chi connectivity index (χ4n) is 3.54. The van der Waals surface area contributed by atoms with Gasteiger partial charge in [-0.1, -0.05) is 72.8 Å². The third-order valence-corrected chi connectivity index (χ3v) is 5.13. The first-order valence-electron chi connectivity index (χ1n) is 10.3. The van der Waals surface area contributed by atoms with E-state index in [1.54, 1.807) is 0 Å². The van der Waals surface area contributed by atoms with Crippen LogP contribution in [0.15, 0.2) is 78.9 Å². The second-order valence-corrected chi connectivity index (χ2v) is 7.32. The first kappa shape index (κ1) is 19.5. The van der Waals surface area contributed by atoms with Crippen LogP contribution in [-0.2, 0) is 19.8 Å². The molecule has 4 rings (SSSR count). The Morgan fingerprint density at radius 1 is 0.690 bits per heavy atom. The van der Waals surface area contributed by atoms with Gasteiger partial charge in [-0.2, -0.15) is 0 Å². The number of para-hydroxylation sites is 1. The van der Waals surface area contributed by atoms with Crippen LogP contribution < -0.4 is 14.8 Å². The van der Waals surface area contributed by atoms with Crippen LogP contribution >= 0.6 is 0 Å². The van der Waals surface area contributed by atoms with Crippen LogP contribution in [0.2, 0.25) is 0 Å². The standard InChI is InChI=1S/C25H28N2O2/c1-3-8-21(9-4-1)19-28-24-13-7-12-23(18-27-16-14-26-15-17-27)25(24)29-20-22-10-5-2-6-11-22/h1-13,26H,14-20H2. The van der Waals surface area contributed by atoms with E-state index >= 15 is 0 Å². The zero-order chi connectivity index (χ0) is 19.7. The minimum Gasteiger partial charge on any atom is -0.485 e. The Kier molecular flexibility index (Phi) is 6.79. The topological polar surface area (TPSA) is 33.7 Å². The third-order valence-electron chi connectivity index (χ3n) is 5.13. The summed E-state index contributed by atoms with van der Waals surface area (Å²) >= 11 is 0. The molecule has 0 unspecified atom stereocenters. The number of ether oxygens (including phenoxy) is 2. The molecule has 0 aliphatic carbocycles. The molecule has 3 aromatic carbocycles. The van der Waals surface area contributed by atoms with E-state index in [4.69, 9.17) is 9.47 Å². The smallest absolute Gasteiger partial charge is 0.166 e. The van der Waals surface area contributed by atoms with Gasteiger partial charge in [-0.15, -0.1) is 0 Å². The molecule has 0 aromatic heterocycles. The number of rotatable bonds is 8. The van der Waals surface area contributed by atoms with E-state index in [1.807, 2.05) is 42.5 Å². The molecule has 1 saturated heterocycles. The van der Waals surface area contributed by atoms with Gasteiger partial charge in [0.1, 0.15) is 13.2 Å². The van der Waals surface area contributed by atoms with Crippen molar-refractivity contribution in [3.05, 3.63) is 95.6 Å². The lowest BCUT2D eigenvalue weighted by Gasteiger charge is -2.28. The minimum absolute atomic E-state index is 0.527. The molecule has 29 heavy (non-hydrogen) atoms. The van der Waals surface area contributed by atoms with E-state index in [9.17, 15) is 0 Å². The predicted molar refractivity (Wildman–Crippen MR) is 116 cm³/mol. The van der Waals surface area contributed by atoms with Gasteiger partial charge in [0.05, 0.1) is 0 Å². The number of hydrogen-bond donors (Lipinski definition) is 1. The second kappa shape index (κ2) is 10.1. The molecule has 3 aromatic rings. The van der Waals surface area contributed by atoms with Gasteiger partial charge in [-0.25, -0.2) is 0 Å². The van der Waals surface area contributed by atoms with E-state index in [2.05, 4.69) is 46.6 Å². The lowest BCUT2D eigenvalue weighted by atomic mass is 10.1. The zero-order valence-electron chi connectivity index (χ0n) is 16.7. The second-order valence-electron chi connectivity index (χ2n) is 7.32. The highest BCUT2D eigenvalue weighted by Crippen LogP contribution is 2.33. The van der Waals surface area contributed by atoms with Gasteiger partial charge in [-0.3, -0.25) is 4.90 Å². The summed E-state index contributed by atoms with van der Waals surface area (Å²) in [7, 11) is 0. The fraction of sp³-hybridized carbons (Fsp3) is 0.280. The monoisotopic (exact) mass is 388 g/mol. The number of piperazine rings is 1. The van der Waals surface area contributed by atoms with Crippen molar-refractivity contribution in [1.29, 1.82) is 0 Å². The van der Waals surface area contributed by atoms with Gasteiger partial charge in [0.2, 0.25) is 0 Å². The molecule has 0 bridgehead atoms. The van der Waals surface area contributed by atoms with Crippen molar-refractivity contribution in [3.8, 4) is 11.5 Å². The van der Waals surface area contributed by atoms with Gasteiger partial charge < -0.3 is 14.8 Å². The first-order chi connectivity index (χ1) is 14.4. The zero-order valence-corrected chi connectivity index (χ0v) is 16.7. The Bertz CT molecular complexity index is 878. The van der Waals surface area contributed by atoms with E-state index in [0.717, 1.165) is 55.3 Å². The Morgan fingerprint density at radius 3 is 1.97 bits per heavy atom. The molecule has 1 aliphatic heterocycles. The number of hydrogen-bond acceptors (Lipinski definition) is 4. The minimum atomic E-state index is 0.527. The van der Waals surface area contributed by atoms with Crippen molar-refractivity contribution in [1.82, 2.24) is 10.2 Å². The van der Waals surface area contributed by atoms with Crippen molar-refractivity contribution in [2.75, 3.05) is 26.2 Å². The first-order valence-corrected chi connectivity index (χ1v) is 10.3. The van der Waals surface area contributed by atoms with Crippen LogP contribution in [0.5, 0.6) is 11.5 Å². The summed E-state index contributed by atoms with van der Waals surface area (Å²) in [6.07, 6.45) is 0. The molecule has 150 valence electrons. The molecule has 0 amide bonds. The molecule has 0 spiro atoms. The molecular weight excluding hydrogens is 360 g/mol. The molecule has 1 N–H and O–H groups in total. The van der Waals surface area contributed by atoms with E-state index < -0.39 is 0 Å². The van der Waals surface area contributed by atoms with Gasteiger partial charge in [0, 0.05) is 38.3 Å². The summed E-state index contributed by atoms with van der Waals surface area (Å²) in [5.74, 6) is 1.66. The van der Waals surface area contributed by atoms with Crippen LogP contribution in [0.1, 0.15) is 16.7 Å². The maximum absolute atomic E-state index is 6.32. The van der Waals surface area contributed by atoms with E-state index in [0.29, 0.717) is 13.2 Å².